The fraction of sp³-hybridized carbons (Fsp3) is 0.571. The van der Waals surface area contributed by atoms with Crippen LogP contribution >= 0.6 is 15.9 Å². The highest BCUT2D eigenvalue weighted by molar-refractivity contribution is 9.10. The van der Waals surface area contributed by atoms with Gasteiger partial charge in [0.2, 0.25) is 0 Å². The van der Waals surface area contributed by atoms with Crippen LogP contribution in [0.3, 0.4) is 0 Å². The van der Waals surface area contributed by atoms with E-state index in [9.17, 15) is 4.39 Å². The van der Waals surface area contributed by atoms with E-state index in [1.807, 2.05) is 6.07 Å². The second kappa shape index (κ2) is 5.85. The summed E-state index contributed by atoms with van der Waals surface area (Å²) in [5.41, 5.74) is 0.609. The summed E-state index contributed by atoms with van der Waals surface area (Å²) in [4.78, 5) is 0. The summed E-state index contributed by atoms with van der Waals surface area (Å²) in [5.74, 6) is 0.512. The molecule has 1 aromatic carbocycles. The molecule has 0 radical (unpaired) electrons. The van der Waals surface area contributed by atoms with E-state index in [1.54, 1.807) is 6.07 Å². The van der Waals surface area contributed by atoms with Crippen molar-refractivity contribution in [2.75, 3.05) is 5.32 Å². The Labute approximate surface area is 111 Å². The molecule has 1 unspecified atom stereocenters. The molecule has 94 valence electrons. The van der Waals surface area contributed by atoms with E-state index in [0.717, 1.165) is 4.47 Å². The Morgan fingerprint density at radius 1 is 1.29 bits per heavy atom. The zero-order valence-corrected chi connectivity index (χ0v) is 11.8. The van der Waals surface area contributed by atoms with Crippen LogP contribution in [-0.4, -0.2) is 6.04 Å². The van der Waals surface area contributed by atoms with Crippen molar-refractivity contribution in [3.63, 3.8) is 0 Å². The van der Waals surface area contributed by atoms with Gasteiger partial charge in [-0.05, 0) is 43.9 Å². The number of rotatable bonds is 3. The van der Waals surface area contributed by atoms with Gasteiger partial charge in [-0.2, -0.15) is 0 Å². The van der Waals surface area contributed by atoms with Gasteiger partial charge in [-0.1, -0.05) is 35.2 Å². The van der Waals surface area contributed by atoms with Crippen molar-refractivity contribution in [2.45, 2.75) is 45.1 Å². The number of halogens is 2. The molecule has 1 saturated carbocycles. The summed E-state index contributed by atoms with van der Waals surface area (Å²) in [6.45, 7) is 2.16. The van der Waals surface area contributed by atoms with Crippen LogP contribution in [0.2, 0.25) is 0 Å². The molecule has 0 aromatic heterocycles. The molecule has 0 saturated heterocycles. The summed E-state index contributed by atoms with van der Waals surface area (Å²) in [5, 5.41) is 3.32. The molecule has 1 nitrogen and oxygen atoms in total. The van der Waals surface area contributed by atoms with Crippen LogP contribution in [0.1, 0.15) is 39.0 Å². The Kier molecular flexibility index (Phi) is 4.43. The highest BCUT2D eigenvalue weighted by atomic mass is 79.9. The van der Waals surface area contributed by atoms with Crippen molar-refractivity contribution >= 4 is 21.6 Å². The Morgan fingerprint density at radius 2 is 2.00 bits per heavy atom. The fourth-order valence-corrected chi connectivity index (χ4v) is 2.97. The van der Waals surface area contributed by atoms with Crippen molar-refractivity contribution in [1.82, 2.24) is 0 Å². The van der Waals surface area contributed by atoms with E-state index >= 15 is 0 Å². The van der Waals surface area contributed by atoms with E-state index in [-0.39, 0.29) is 5.82 Å². The first-order valence-corrected chi connectivity index (χ1v) is 7.17. The third-order valence-electron chi connectivity index (χ3n) is 3.67. The lowest BCUT2D eigenvalue weighted by atomic mass is 9.84. The summed E-state index contributed by atoms with van der Waals surface area (Å²) in [7, 11) is 0. The van der Waals surface area contributed by atoms with Gasteiger partial charge in [0.15, 0.2) is 0 Å². The van der Waals surface area contributed by atoms with Gasteiger partial charge in [-0.15, -0.1) is 0 Å². The Morgan fingerprint density at radius 3 is 2.71 bits per heavy atom. The molecule has 1 atom stereocenters. The normalized spacial score (nSPS) is 19.0. The van der Waals surface area contributed by atoms with Crippen molar-refractivity contribution in [3.8, 4) is 0 Å². The molecule has 0 heterocycles. The van der Waals surface area contributed by atoms with Crippen molar-refractivity contribution < 1.29 is 4.39 Å². The highest BCUT2D eigenvalue weighted by Crippen LogP contribution is 2.29. The SMILES string of the molecule is CC(Nc1cc(Br)ccc1F)C1CCCCC1. The molecule has 1 aliphatic carbocycles. The van der Waals surface area contributed by atoms with Crippen LogP contribution in [0.15, 0.2) is 22.7 Å². The van der Waals surface area contributed by atoms with E-state index in [2.05, 4.69) is 28.2 Å². The predicted octanol–water partition coefficient (Wildman–Crippen LogP) is 4.97. The molecule has 1 aliphatic rings. The quantitative estimate of drug-likeness (QED) is 0.831. The minimum Gasteiger partial charge on any atom is -0.380 e. The largest absolute Gasteiger partial charge is 0.380 e. The fourth-order valence-electron chi connectivity index (χ4n) is 2.61. The second-order valence-corrected chi connectivity index (χ2v) is 5.87. The smallest absolute Gasteiger partial charge is 0.146 e. The third-order valence-corrected chi connectivity index (χ3v) is 4.16. The van der Waals surface area contributed by atoms with Crippen LogP contribution in [0.5, 0.6) is 0 Å². The summed E-state index contributed by atoms with van der Waals surface area (Å²) >= 11 is 3.38. The minimum atomic E-state index is -0.171. The van der Waals surface area contributed by atoms with Crippen LogP contribution < -0.4 is 5.32 Å². The maximum Gasteiger partial charge on any atom is 0.146 e. The van der Waals surface area contributed by atoms with Crippen LogP contribution in [0, 0.1) is 11.7 Å². The molecule has 1 fully saturated rings. The molecular formula is C14H19BrFN. The number of benzene rings is 1. The number of anilines is 1. The molecule has 1 aromatic rings. The van der Waals surface area contributed by atoms with Gasteiger partial charge in [0.25, 0.3) is 0 Å². The van der Waals surface area contributed by atoms with Gasteiger partial charge in [0, 0.05) is 10.5 Å². The van der Waals surface area contributed by atoms with Crippen LogP contribution in [0.4, 0.5) is 10.1 Å². The third kappa shape index (κ3) is 3.44. The van der Waals surface area contributed by atoms with Crippen molar-refractivity contribution in [3.05, 3.63) is 28.5 Å². The maximum absolute atomic E-state index is 13.6. The van der Waals surface area contributed by atoms with Crippen molar-refractivity contribution in [2.24, 2.45) is 5.92 Å². The van der Waals surface area contributed by atoms with Gasteiger partial charge >= 0.3 is 0 Å². The molecule has 0 spiro atoms. The monoisotopic (exact) mass is 299 g/mol. The van der Waals surface area contributed by atoms with E-state index < -0.39 is 0 Å². The Hall–Kier alpha value is -0.570. The lowest BCUT2D eigenvalue weighted by Gasteiger charge is -2.29. The maximum atomic E-state index is 13.6. The van der Waals surface area contributed by atoms with E-state index in [0.29, 0.717) is 17.6 Å². The van der Waals surface area contributed by atoms with Gasteiger partial charge in [0.05, 0.1) is 5.69 Å². The van der Waals surface area contributed by atoms with Gasteiger partial charge in [0.1, 0.15) is 5.82 Å². The average molecular weight is 300 g/mol. The summed E-state index contributed by atoms with van der Waals surface area (Å²) in [6.07, 6.45) is 6.53. The van der Waals surface area contributed by atoms with Crippen LogP contribution in [0.25, 0.3) is 0 Å². The first-order valence-electron chi connectivity index (χ1n) is 6.38. The standard InChI is InChI=1S/C14H19BrFN/c1-10(11-5-3-2-4-6-11)17-14-9-12(15)7-8-13(14)16/h7-11,17H,2-6H2,1H3. The molecule has 2 rings (SSSR count). The molecular weight excluding hydrogens is 281 g/mol. The summed E-state index contributed by atoms with van der Waals surface area (Å²) in [6, 6.07) is 5.39. The van der Waals surface area contributed by atoms with E-state index in [4.69, 9.17) is 0 Å². The zero-order chi connectivity index (χ0) is 12.3. The first kappa shape index (κ1) is 12.9. The van der Waals surface area contributed by atoms with Gasteiger partial charge in [-0.3, -0.25) is 0 Å². The Balaban J connectivity index is 2.01. The average Bonchev–Trinajstić information content (AvgIpc) is 2.35. The number of nitrogens with one attached hydrogen (secondary N) is 1. The molecule has 17 heavy (non-hydrogen) atoms. The predicted molar refractivity (Wildman–Crippen MR) is 73.8 cm³/mol. The molecule has 1 N–H and O–H groups in total. The Bertz CT molecular complexity index is 374. The lowest BCUT2D eigenvalue weighted by Crippen LogP contribution is -2.28. The van der Waals surface area contributed by atoms with E-state index in [1.165, 1.54) is 38.2 Å². The molecule has 3 heteroatoms. The number of hydrogen-bond donors (Lipinski definition) is 1. The van der Waals surface area contributed by atoms with Crippen LogP contribution in [-0.2, 0) is 0 Å². The molecule has 0 aliphatic heterocycles. The topological polar surface area (TPSA) is 12.0 Å². The van der Waals surface area contributed by atoms with Gasteiger partial charge in [-0.25, -0.2) is 4.39 Å². The second-order valence-electron chi connectivity index (χ2n) is 4.96. The lowest BCUT2D eigenvalue weighted by molar-refractivity contribution is 0.328. The minimum absolute atomic E-state index is 0.171. The van der Waals surface area contributed by atoms with Crippen molar-refractivity contribution in [1.29, 1.82) is 0 Å². The zero-order valence-electron chi connectivity index (χ0n) is 10.2. The number of hydrogen-bond acceptors (Lipinski definition) is 1. The highest BCUT2D eigenvalue weighted by Gasteiger charge is 2.20. The van der Waals surface area contributed by atoms with Gasteiger partial charge < -0.3 is 5.32 Å². The molecule has 0 bridgehead atoms. The summed E-state index contributed by atoms with van der Waals surface area (Å²) < 4.78 is 14.5. The molecule has 0 amide bonds. The first-order chi connectivity index (χ1) is 8.16.